The smallest absolute Gasteiger partial charge is 0.166 e. The monoisotopic (exact) mass is 226 g/mol. The van der Waals surface area contributed by atoms with E-state index in [1.807, 2.05) is 6.07 Å². The predicted octanol–water partition coefficient (Wildman–Crippen LogP) is 4.15. The largest absolute Gasteiger partial charge is 0.412 e. The van der Waals surface area contributed by atoms with Gasteiger partial charge in [-0.15, -0.1) is 6.58 Å². The summed E-state index contributed by atoms with van der Waals surface area (Å²) in [6, 6.07) is 9.00. The average Bonchev–Trinajstić information content (AvgIpc) is 2.25. The van der Waals surface area contributed by atoms with Gasteiger partial charge >= 0.3 is 6.18 Å². The lowest BCUT2D eigenvalue weighted by Crippen LogP contribution is -2.19. The molecule has 0 aromatic heterocycles. The Bertz CT molecular complexity index is 363. The van der Waals surface area contributed by atoms with Crippen LogP contribution < -0.4 is 0 Å². The minimum Gasteiger partial charge on any atom is -0.166 e. The summed E-state index contributed by atoms with van der Waals surface area (Å²) in [5.74, 6) is -0.762. The van der Waals surface area contributed by atoms with Crippen molar-refractivity contribution in [3.8, 4) is 0 Å². The SMILES string of the molecule is C=CC(Cc1ccccc1)C(=C)C(F)(F)F. The van der Waals surface area contributed by atoms with Crippen LogP contribution in [0.25, 0.3) is 0 Å². The van der Waals surface area contributed by atoms with Crippen LogP contribution in [0.3, 0.4) is 0 Å². The van der Waals surface area contributed by atoms with E-state index in [9.17, 15) is 13.2 Å². The fourth-order valence-electron chi connectivity index (χ4n) is 1.43. The molecule has 1 rings (SSSR count). The molecule has 0 aliphatic rings. The molecular formula is C13H13F3. The fourth-order valence-corrected chi connectivity index (χ4v) is 1.43. The summed E-state index contributed by atoms with van der Waals surface area (Å²) in [5, 5.41) is 0. The van der Waals surface area contributed by atoms with Crippen molar-refractivity contribution < 1.29 is 13.2 Å². The van der Waals surface area contributed by atoms with Gasteiger partial charge in [-0.3, -0.25) is 0 Å². The first-order chi connectivity index (χ1) is 7.45. The summed E-state index contributed by atoms with van der Waals surface area (Å²) in [5.41, 5.74) is 0.101. The number of rotatable bonds is 4. The molecule has 0 fully saturated rings. The number of halogens is 3. The Labute approximate surface area is 93.1 Å². The molecule has 1 atom stereocenters. The van der Waals surface area contributed by atoms with E-state index in [1.165, 1.54) is 6.08 Å². The summed E-state index contributed by atoms with van der Waals surface area (Å²) in [7, 11) is 0. The maximum Gasteiger partial charge on any atom is 0.412 e. The van der Waals surface area contributed by atoms with Crippen LogP contribution >= 0.6 is 0 Å². The Morgan fingerprint density at radius 2 is 1.81 bits per heavy atom. The predicted molar refractivity (Wildman–Crippen MR) is 59.0 cm³/mol. The minimum absolute atomic E-state index is 0.280. The molecule has 1 aromatic carbocycles. The fraction of sp³-hybridized carbons (Fsp3) is 0.231. The van der Waals surface area contributed by atoms with Crippen LogP contribution in [0.4, 0.5) is 13.2 Å². The standard InChI is InChI=1S/C13H13F3/c1-3-12(10(2)13(14,15)16)9-11-7-5-4-6-8-11/h3-8,12H,1-2,9H2. The van der Waals surface area contributed by atoms with Gasteiger partial charge in [-0.1, -0.05) is 43.0 Å². The Balaban J connectivity index is 2.78. The van der Waals surface area contributed by atoms with E-state index in [4.69, 9.17) is 0 Å². The molecule has 0 spiro atoms. The third-order valence-corrected chi connectivity index (χ3v) is 2.39. The van der Waals surface area contributed by atoms with Crippen molar-refractivity contribution in [3.05, 3.63) is 60.7 Å². The van der Waals surface area contributed by atoms with Crippen LogP contribution in [0, 0.1) is 5.92 Å². The first kappa shape index (κ1) is 12.6. The molecule has 0 aliphatic heterocycles. The molecule has 3 heteroatoms. The second-order valence-electron chi connectivity index (χ2n) is 3.55. The molecule has 0 saturated heterocycles. The maximum absolute atomic E-state index is 12.4. The third-order valence-electron chi connectivity index (χ3n) is 2.39. The van der Waals surface area contributed by atoms with Gasteiger partial charge in [-0.2, -0.15) is 13.2 Å². The molecule has 0 bridgehead atoms. The summed E-state index contributed by atoms with van der Waals surface area (Å²) >= 11 is 0. The lowest BCUT2D eigenvalue weighted by atomic mass is 9.92. The van der Waals surface area contributed by atoms with E-state index in [-0.39, 0.29) is 6.42 Å². The molecule has 0 heterocycles. The van der Waals surface area contributed by atoms with Crippen molar-refractivity contribution in [3.63, 3.8) is 0 Å². The van der Waals surface area contributed by atoms with Crippen molar-refractivity contribution in [1.82, 2.24) is 0 Å². The summed E-state index contributed by atoms with van der Waals surface area (Å²) in [4.78, 5) is 0. The van der Waals surface area contributed by atoms with Gasteiger partial charge in [-0.05, 0) is 12.0 Å². The average molecular weight is 226 g/mol. The third kappa shape index (κ3) is 3.26. The number of hydrogen-bond donors (Lipinski definition) is 0. The molecule has 0 N–H and O–H groups in total. The van der Waals surface area contributed by atoms with Crippen LogP contribution in [0.2, 0.25) is 0 Å². The number of alkyl halides is 3. The van der Waals surface area contributed by atoms with E-state index in [0.717, 1.165) is 5.56 Å². The van der Waals surface area contributed by atoms with E-state index >= 15 is 0 Å². The first-order valence-corrected chi connectivity index (χ1v) is 4.87. The highest BCUT2D eigenvalue weighted by molar-refractivity contribution is 5.22. The quantitative estimate of drug-likeness (QED) is 0.676. The second-order valence-corrected chi connectivity index (χ2v) is 3.55. The molecule has 0 radical (unpaired) electrons. The van der Waals surface area contributed by atoms with Gasteiger partial charge in [0.2, 0.25) is 0 Å². The van der Waals surface area contributed by atoms with Gasteiger partial charge < -0.3 is 0 Å². The number of allylic oxidation sites excluding steroid dienone is 2. The molecule has 86 valence electrons. The molecule has 16 heavy (non-hydrogen) atoms. The van der Waals surface area contributed by atoms with E-state index < -0.39 is 17.7 Å². The van der Waals surface area contributed by atoms with Crippen LogP contribution in [-0.4, -0.2) is 6.18 Å². The zero-order valence-corrected chi connectivity index (χ0v) is 8.80. The van der Waals surface area contributed by atoms with Crippen molar-refractivity contribution >= 4 is 0 Å². The highest BCUT2D eigenvalue weighted by Crippen LogP contribution is 2.32. The van der Waals surface area contributed by atoms with Crippen LogP contribution in [0.1, 0.15) is 5.56 Å². The Hall–Kier alpha value is -1.51. The molecular weight excluding hydrogens is 213 g/mol. The van der Waals surface area contributed by atoms with Crippen LogP contribution in [0.15, 0.2) is 55.1 Å². The van der Waals surface area contributed by atoms with Gasteiger partial charge in [0.15, 0.2) is 0 Å². The molecule has 0 nitrogen and oxygen atoms in total. The topological polar surface area (TPSA) is 0 Å². The van der Waals surface area contributed by atoms with Gasteiger partial charge in [0.05, 0.1) is 0 Å². The van der Waals surface area contributed by atoms with Crippen LogP contribution in [-0.2, 0) is 6.42 Å². The minimum atomic E-state index is -4.35. The molecule has 0 aliphatic carbocycles. The van der Waals surface area contributed by atoms with E-state index in [0.29, 0.717) is 0 Å². The maximum atomic E-state index is 12.4. The van der Waals surface area contributed by atoms with E-state index in [1.54, 1.807) is 24.3 Å². The lowest BCUT2D eigenvalue weighted by molar-refractivity contribution is -0.0967. The number of benzene rings is 1. The Morgan fingerprint density at radius 3 is 2.25 bits per heavy atom. The summed E-state index contributed by atoms with van der Waals surface area (Å²) < 4.78 is 37.3. The van der Waals surface area contributed by atoms with Crippen molar-refractivity contribution in [2.45, 2.75) is 12.6 Å². The first-order valence-electron chi connectivity index (χ1n) is 4.87. The Kier molecular flexibility index (Phi) is 3.93. The van der Waals surface area contributed by atoms with Crippen molar-refractivity contribution in [1.29, 1.82) is 0 Å². The highest BCUT2D eigenvalue weighted by atomic mass is 19.4. The molecule has 0 saturated carbocycles. The number of hydrogen-bond acceptors (Lipinski definition) is 0. The highest BCUT2D eigenvalue weighted by Gasteiger charge is 2.35. The van der Waals surface area contributed by atoms with Gasteiger partial charge in [0.1, 0.15) is 0 Å². The normalized spacial score (nSPS) is 13.2. The zero-order chi connectivity index (χ0) is 12.2. The Morgan fingerprint density at radius 1 is 1.25 bits per heavy atom. The molecule has 1 aromatic rings. The van der Waals surface area contributed by atoms with Crippen molar-refractivity contribution in [2.24, 2.45) is 5.92 Å². The zero-order valence-electron chi connectivity index (χ0n) is 8.80. The molecule has 1 unspecified atom stereocenters. The van der Waals surface area contributed by atoms with E-state index in [2.05, 4.69) is 13.2 Å². The lowest BCUT2D eigenvalue weighted by Gasteiger charge is -2.18. The van der Waals surface area contributed by atoms with Crippen molar-refractivity contribution in [2.75, 3.05) is 0 Å². The van der Waals surface area contributed by atoms with Crippen LogP contribution in [0.5, 0.6) is 0 Å². The van der Waals surface area contributed by atoms with Gasteiger partial charge in [0.25, 0.3) is 0 Å². The second kappa shape index (κ2) is 5.01. The summed E-state index contributed by atoms with van der Waals surface area (Å²) in [6.07, 6.45) is -2.78. The summed E-state index contributed by atoms with van der Waals surface area (Å²) in [6.45, 7) is 6.53. The van der Waals surface area contributed by atoms with Gasteiger partial charge in [0, 0.05) is 11.5 Å². The van der Waals surface area contributed by atoms with Gasteiger partial charge in [-0.25, -0.2) is 0 Å². The molecule has 0 amide bonds.